The van der Waals surface area contributed by atoms with Crippen molar-refractivity contribution in [1.82, 2.24) is 4.72 Å². The summed E-state index contributed by atoms with van der Waals surface area (Å²) in [7, 11) is -2.35. The smallest absolute Gasteiger partial charge is 0.242 e. The van der Waals surface area contributed by atoms with E-state index in [1.165, 1.54) is 12.1 Å². The molecule has 6 rings (SSSR count). The monoisotopic (exact) mass is 738 g/mol. The molecule has 0 radical (unpaired) electrons. The number of para-hydroxylation sites is 1. The summed E-state index contributed by atoms with van der Waals surface area (Å²) in [6, 6.07) is 37.5. The van der Waals surface area contributed by atoms with Crippen molar-refractivity contribution in [2.45, 2.75) is 60.7 Å². The normalized spacial score (nSPS) is 18.0. The number of ether oxygens (including phenoxy) is 3. The number of sulfonamides is 1. The molecule has 52 heavy (non-hydrogen) atoms. The predicted octanol–water partition coefficient (Wildman–Crippen LogP) is 7.36. The van der Waals surface area contributed by atoms with Gasteiger partial charge in [-0.2, -0.15) is 4.72 Å². The van der Waals surface area contributed by atoms with Gasteiger partial charge in [-0.1, -0.05) is 96.6 Å². The van der Waals surface area contributed by atoms with Crippen LogP contribution in [-0.2, 0) is 37.3 Å². The molecule has 1 aliphatic heterocycles. The molecule has 1 fully saturated rings. The first-order valence-electron chi connectivity index (χ1n) is 17.0. The van der Waals surface area contributed by atoms with Crippen molar-refractivity contribution in [2.75, 3.05) is 18.2 Å². The van der Waals surface area contributed by atoms with Crippen LogP contribution in [0.1, 0.15) is 46.6 Å². The molecule has 0 aromatic heterocycles. The molecule has 5 aromatic rings. The van der Waals surface area contributed by atoms with E-state index in [0.717, 1.165) is 32.9 Å². The van der Waals surface area contributed by atoms with E-state index >= 15 is 0 Å². The van der Waals surface area contributed by atoms with Crippen LogP contribution in [0.5, 0.6) is 5.75 Å². The van der Waals surface area contributed by atoms with Gasteiger partial charge in [0.2, 0.25) is 15.9 Å². The number of carbonyl (C=O) groups excluding carboxylic acids is 1. The first-order chi connectivity index (χ1) is 25.2. The van der Waals surface area contributed by atoms with Gasteiger partial charge in [-0.25, -0.2) is 8.42 Å². The lowest BCUT2D eigenvalue weighted by molar-refractivity contribution is -0.245. The fourth-order valence-corrected chi connectivity index (χ4v) is 8.19. The first-order valence-corrected chi connectivity index (χ1v) is 19.5. The molecule has 1 aliphatic rings. The largest absolute Gasteiger partial charge is 0.496 e. The Bertz CT molecular complexity index is 2040. The van der Waals surface area contributed by atoms with Crippen molar-refractivity contribution in [3.8, 4) is 5.75 Å². The number of aliphatic hydroxyl groups excluding tert-OH is 1. The van der Waals surface area contributed by atoms with Gasteiger partial charge in [-0.15, -0.1) is 11.8 Å². The van der Waals surface area contributed by atoms with E-state index < -0.39 is 28.3 Å². The van der Waals surface area contributed by atoms with Crippen molar-refractivity contribution in [3.63, 3.8) is 0 Å². The lowest BCUT2D eigenvalue weighted by Crippen LogP contribution is -2.45. The zero-order valence-electron chi connectivity index (χ0n) is 29.0. The van der Waals surface area contributed by atoms with Gasteiger partial charge in [-0.05, 0) is 66.4 Å². The Hall–Kier alpha value is -4.49. The molecule has 4 unspecified atom stereocenters. The maximum atomic E-state index is 13.8. The van der Waals surface area contributed by atoms with Crippen LogP contribution in [-0.4, -0.2) is 44.4 Å². The number of hydrogen-bond acceptors (Lipinski definition) is 8. The van der Waals surface area contributed by atoms with Gasteiger partial charge < -0.3 is 24.6 Å². The number of amides is 1. The molecule has 3 N–H and O–H groups in total. The highest BCUT2D eigenvalue weighted by atomic mass is 32.2. The Morgan fingerprint density at radius 1 is 0.865 bits per heavy atom. The quantitative estimate of drug-likeness (QED) is 0.101. The summed E-state index contributed by atoms with van der Waals surface area (Å²) in [5.41, 5.74) is 4.67. The molecule has 0 spiro atoms. The molecule has 5 aromatic carbocycles. The minimum Gasteiger partial charge on any atom is -0.496 e. The Labute approximate surface area is 309 Å². The highest BCUT2D eigenvalue weighted by Crippen LogP contribution is 2.41. The zero-order chi connectivity index (χ0) is 36.5. The van der Waals surface area contributed by atoms with E-state index in [9.17, 15) is 18.3 Å². The molecule has 0 saturated carbocycles. The minimum atomic E-state index is -4.01. The maximum Gasteiger partial charge on any atom is 0.242 e. The summed E-state index contributed by atoms with van der Waals surface area (Å²) in [5.74, 6) is 0.932. The third kappa shape index (κ3) is 9.68. The van der Waals surface area contributed by atoms with E-state index in [-0.39, 0.29) is 30.1 Å². The first kappa shape index (κ1) is 37.3. The van der Waals surface area contributed by atoms with Crippen molar-refractivity contribution >= 4 is 33.4 Å². The number of thioether (sulfide) groups is 1. The predicted molar refractivity (Wildman–Crippen MR) is 203 cm³/mol. The summed E-state index contributed by atoms with van der Waals surface area (Å²) < 4.78 is 48.1. The number of anilines is 1. The minimum absolute atomic E-state index is 0.0478. The van der Waals surface area contributed by atoms with Crippen LogP contribution in [0.25, 0.3) is 0 Å². The lowest BCUT2D eigenvalue weighted by Gasteiger charge is -2.36. The number of methoxy groups -OCH3 is 1. The van der Waals surface area contributed by atoms with Crippen molar-refractivity contribution in [2.24, 2.45) is 0 Å². The van der Waals surface area contributed by atoms with Gasteiger partial charge in [-0.3, -0.25) is 4.79 Å². The Kier molecular flexibility index (Phi) is 12.4. The maximum absolute atomic E-state index is 13.8. The van der Waals surface area contributed by atoms with Crippen LogP contribution in [0, 0.1) is 6.92 Å². The molecule has 4 atom stereocenters. The Balaban J connectivity index is 1.22. The van der Waals surface area contributed by atoms with Crippen LogP contribution in [0.3, 0.4) is 0 Å². The van der Waals surface area contributed by atoms with Gasteiger partial charge in [0.15, 0.2) is 6.29 Å². The molecule has 1 amide bonds. The average molecular weight is 739 g/mol. The SMILES string of the molecule is COc1ccccc1SCC1CC(c2ccc(CO)cc2)OC(c2cccc(NC(=O)C(Cc3ccccc3)NS(=O)(=O)c3ccc(C)cc3)c2)O1. The highest BCUT2D eigenvalue weighted by Gasteiger charge is 2.33. The van der Waals surface area contributed by atoms with Crippen LogP contribution in [0.4, 0.5) is 5.69 Å². The zero-order valence-corrected chi connectivity index (χ0v) is 30.6. The molecule has 270 valence electrons. The molecule has 1 saturated heterocycles. The van der Waals surface area contributed by atoms with E-state index in [1.54, 1.807) is 49.2 Å². The third-order valence-corrected chi connectivity index (χ3v) is 11.4. The van der Waals surface area contributed by atoms with Crippen molar-refractivity contribution in [1.29, 1.82) is 0 Å². The number of nitrogens with one attached hydrogen (secondary N) is 2. The lowest BCUT2D eigenvalue weighted by atomic mass is 10.0. The Morgan fingerprint density at radius 2 is 1.60 bits per heavy atom. The standard InChI is InChI=1S/C41H42N2O7S2/c1-28-15-21-35(22-16-28)52(46,47)43-36(23-29-9-4-3-5-10-29)40(45)42-33-12-8-11-32(24-33)41-49-34(27-51-39-14-7-6-13-37(39)48-2)25-38(50-41)31-19-17-30(26-44)18-20-31/h3-22,24,34,36,38,41,43-44H,23,25-27H2,1-2H3,(H,42,45). The molecule has 0 aliphatic carbocycles. The third-order valence-electron chi connectivity index (χ3n) is 8.76. The Morgan fingerprint density at radius 3 is 2.33 bits per heavy atom. The molecule has 0 bridgehead atoms. The number of carbonyl (C=O) groups is 1. The van der Waals surface area contributed by atoms with Gasteiger partial charge >= 0.3 is 0 Å². The number of aryl methyl sites for hydroxylation is 1. The number of rotatable bonds is 14. The second-order valence-electron chi connectivity index (χ2n) is 12.6. The van der Waals surface area contributed by atoms with E-state index in [4.69, 9.17) is 14.2 Å². The summed E-state index contributed by atoms with van der Waals surface area (Å²) in [5, 5.41) is 12.5. The van der Waals surface area contributed by atoms with Crippen LogP contribution >= 0.6 is 11.8 Å². The number of benzene rings is 5. The highest BCUT2D eigenvalue weighted by molar-refractivity contribution is 7.99. The van der Waals surface area contributed by atoms with Gasteiger partial charge in [0, 0.05) is 28.3 Å². The van der Waals surface area contributed by atoms with Crippen LogP contribution < -0.4 is 14.8 Å². The van der Waals surface area contributed by atoms with Crippen molar-refractivity contribution < 1.29 is 32.5 Å². The molecular weight excluding hydrogens is 697 g/mol. The molecule has 9 nitrogen and oxygen atoms in total. The second kappa shape index (κ2) is 17.4. The summed E-state index contributed by atoms with van der Waals surface area (Å²) in [6.45, 7) is 1.83. The van der Waals surface area contributed by atoms with Crippen LogP contribution in [0.2, 0.25) is 0 Å². The van der Waals surface area contributed by atoms with Gasteiger partial charge in [0.25, 0.3) is 0 Å². The topological polar surface area (TPSA) is 123 Å². The number of aliphatic hydroxyl groups is 1. The average Bonchev–Trinajstić information content (AvgIpc) is 3.17. The van der Waals surface area contributed by atoms with Gasteiger partial charge in [0.1, 0.15) is 11.8 Å². The fourth-order valence-electron chi connectivity index (χ4n) is 5.95. The van der Waals surface area contributed by atoms with E-state index in [0.29, 0.717) is 23.4 Å². The van der Waals surface area contributed by atoms with Crippen molar-refractivity contribution in [3.05, 3.63) is 155 Å². The van der Waals surface area contributed by atoms with Crippen LogP contribution in [0.15, 0.2) is 137 Å². The summed E-state index contributed by atoms with van der Waals surface area (Å²) in [4.78, 5) is 14.9. The molecular formula is C41H42N2O7S2. The summed E-state index contributed by atoms with van der Waals surface area (Å²) >= 11 is 1.65. The van der Waals surface area contributed by atoms with Gasteiger partial charge in [0.05, 0.1) is 30.8 Å². The number of hydrogen-bond donors (Lipinski definition) is 3. The fraction of sp³-hybridized carbons (Fsp3) is 0.244. The summed E-state index contributed by atoms with van der Waals surface area (Å²) in [6.07, 6.45) is -0.485. The molecule has 1 heterocycles. The van der Waals surface area contributed by atoms with E-state index in [1.807, 2.05) is 91.9 Å². The second-order valence-corrected chi connectivity index (χ2v) is 15.4. The van der Waals surface area contributed by atoms with E-state index in [2.05, 4.69) is 10.0 Å². The molecule has 11 heteroatoms.